The van der Waals surface area contributed by atoms with Gasteiger partial charge in [-0.2, -0.15) is 0 Å². The highest BCUT2D eigenvalue weighted by atomic mass is 32.2. The Morgan fingerprint density at radius 3 is 2.41 bits per heavy atom. The number of nitrogens with two attached hydrogens (primary N) is 1. The molecule has 3 N–H and O–H groups in total. The largest absolute Gasteiger partial charge is 0.364 e. The number of nitro benzene ring substituents is 1. The van der Waals surface area contributed by atoms with Crippen LogP contribution in [0.15, 0.2) is 58.3 Å². The number of hydrogen-bond donors (Lipinski definition) is 2. The Morgan fingerprint density at radius 1 is 1.19 bits per heavy atom. The fraction of sp³-hybridized carbons (Fsp3) is 0.333. The standard InChI is InChI=1S/C18H23N3O4S2/c1-3-4-13-18(2,26-14-9-6-5-7-10-14)20-17-15(21(22)23)11-8-12-16(17)27(19,24)25/h5-12,20H,3-4,13H2,1-2H3,(H2,19,24,25). The van der Waals surface area contributed by atoms with Crippen molar-refractivity contribution >= 4 is 33.2 Å². The predicted octanol–water partition coefficient (Wildman–Crippen LogP) is 4.35. The van der Waals surface area contributed by atoms with Crippen LogP contribution in [-0.2, 0) is 10.0 Å². The molecule has 2 aromatic rings. The lowest BCUT2D eigenvalue weighted by Gasteiger charge is -2.32. The number of nitrogens with zero attached hydrogens (tertiary/aromatic N) is 1. The van der Waals surface area contributed by atoms with Gasteiger partial charge >= 0.3 is 0 Å². The van der Waals surface area contributed by atoms with Crippen molar-refractivity contribution in [1.29, 1.82) is 0 Å². The van der Waals surface area contributed by atoms with Gasteiger partial charge in [0.05, 0.1) is 9.79 Å². The highest BCUT2D eigenvalue weighted by molar-refractivity contribution is 8.00. The molecule has 1 unspecified atom stereocenters. The number of hydrogen-bond acceptors (Lipinski definition) is 6. The summed E-state index contributed by atoms with van der Waals surface area (Å²) in [7, 11) is -4.13. The molecule has 0 saturated carbocycles. The molecule has 0 aliphatic carbocycles. The first kappa shape index (κ1) is 21.2. The molecule has 2 aromatic carbocycles. The topological polar surface area (TPSA) is 115 Å². The van der Waals surface area contributed by atoms with Gasteiger partial charge in [0, 0.05) is 11.0 Å². The van der Waals surface area contributed by atoms with E-state index < -0.39 is 19.8 Å². The van der Waals surface area contributed by atoms with Crippen molar-refractivity contribution in [3.05, 3.63) is 58.6 Å². The zero-order valence-electron chi connectivity index (χ0n) is 15.2. The Bertz CT molecular complexity index is 904. The van der Waals surface area contributed by atoms with E-state index in [0.717, 1.165) is 17.7 Å². The molecular formula is C18H23N3O4S2. The third-order valence-corrected chi connectivity index (χ3v) is 6.21. The van der Waals surface area contributed by atoms with E-state index in [0.29, 0.717) is 6.42 Å². The van der Waals surface area contributed by atoms with Crippen molar-refractivity contribution in [3.8, 4) is 0 Å². The van der Waals surface area contributed by atoms with E-state index in [1.165, 1.54) is 30.0 Å². The van der Waals surface area contributed by atoms with Crippen molar-refractivity contribution in [2.45, 2.75) is 47.8 Å². The molecule has 0 aromatic heterocycles. The molecule has 0 aliphatic heterocycles. The Labute approximate surface area is 163 Å². The number of thioether (sulfide) groups is 1. The summed E-state index contributed by atoms with van der Waals surface area (Å²) in [6.07, 6.45) is 2.49. The first-order chi connectivity index (χ1) is 12.7. The molecule has 2 rings (SSSR count). The average molecular weight is 410 g/mol. The van der Waals surface area contributed by atoms with E-state index in [4.69, 9.17) is 5.14 Å². The highest BCUT2D eigenvalue weighted by Crippen LogP contribution is 2.41. The lowest BCUT2D eigenvalue weighted by atomic mass is 10.1. The third-order valence-electron chi connectivity index (χ3n) is 3.99. The molecule has 0 amide bonds. The van der Waals surface area contributed by atoms with Crippen LogP contribution in [-0.4, -0.2) is 18.2 Å². The quantitative estimate of drug-likeness (QED) is 0.275. The first-order valence-electron chi connectivity index (χ1n) is 8.49. The maximum atomic E-state index is 12.0. The minimum atomic E-state index is -4.13. The minimum absolute atomic E-state index is 0.0768. The van der Waals surface area contributed by atoms with Gasteiger partial charge in [0.1, 0.15) is 10.6 Å². The van der Waals surface area contributed by atoms with Gasteiger partial charge in [-0.3, -0.25) is 10.1 Å². The van der Waals surface area contributed by atoms with Crippen LogP contribution in [0.3, 0.4) is 0 Å². The number of para-hydroxylation sites is 1. The van der Waals surface area contributed by atoms with Crippen LogP contribution < -0.4 is 10.5 Å². The zero-order chi connectivity index (χ0) is 20.1. The van der Waals surface area contributed by atoms with Crippen LogP contribution in [0.4, 0.5) is 11.4 Å². The van der Waals surface area contributed by atoms with E-state index in [1.807, 2.05) is 44.2 Å². The SMILES string of the molecule is CCCCC(C)(Nc1c([N+](=O)[O-])cccc1S(N)(=O)=O)Sc1ccccc1. The van der Waals surface area contributed by atoms with E-state index in [9.17, 15) is 18.5 Å². The first-order valence-corrected chi connectivity index (χ1v) is 10.8. The monoisotopic (exact) mass is 409 g/mol. The summed E-state index contributed by atoms with van der Waals surface area (Å²) in [5.74, 6) is 0. The van der Waals surface area contributed by atoms with Crippen LogP contribution in [0.1, 0.15) is 33.1 Å². The minimum Gasteiger partial charge on any atom is -0.364 e. The second-order valence-electron chi connectivity index (χ2n) is 6.33. The van der Waals surface area contributed by atoms with Gasteiger partial charge in [-0.25, -0.2) is 13.6 Å². The van der Waals surface area contributed by atoms with Crippen LogP contribution in [0.5, 0.6) is 0 Å². The summed E-state index contributed by atoms with van der Waals surface area (Å²) in [6.45, 7) is 3.96. The molecule has 0 fully saturated rings. The van der Waals surface area contributed by atoms with Gasteiger partial charge in [-0.1, -0.05) is 55.8 Å². The van der Waals surface area contributed by atoms with Gasteiger partial charge in [0.15, 0.2) is 0 Å². The molecular weight excluding hydrogens is 386 g/mol. The molecule has 0 spiro atoms. The molecule has 146 valence electrons. The number of nitro groups is 1. The molecule has 27 heavy (non-hydrogen) atoms. The number of rotatable bonds is 9. The Morgan fingerprint density at radius 2 is 1.85 bits per heavy atom. The highest BCUT2D eigenvalue weighted by Gasteiger charge is 2.32. The van der Waals surface area contributed by atoms with Crippen molar-refractivity contribution in [3.63, 3.8) is 0 Å². The Kier molecular flexibility index (Phi) is 6.85. The summed E-state index contributed by atoms with van der Waals surface area (Å²) < 4.78 is 24.0. The molecule has 0 bridgehead atoms. The van der Waals surface area contributed by atoms with Crippen molar-refractivity contribution < 1.29 is 13.3 Å². The van der Waals surface area contributed by atoms with Gasteiger partial charge < -0.3 is 5.32 Å². The number of unbranched alkanes of at least 4 members (excludes halogenated alkanes) is 1. The fourth-order valence-corrected chi connectivity index (χ4v) is 4.62. The van der Waals surface area contributed by atoms with Crippen molar-refractivity contribution in [2.75, 3.05) is 5.32 Å². The van der Waals surface area contributed by atoms with Gasteiger partial charge in [0.2, 0.25) is 10.0 Å². The second kappa shape index (κ2) is 8.73. The van der Waals surface area contributed by atoms with Crippen molar-refractivity contribution in [1.82, 2.24) is 0 Å². The molecule has 0 heterocycles. The molecule has 9 heteroatoms. The summed E-state index contributed by atoms with van der Waals surface area (Å²) in [4.78, 5) is 10.9. The third kappa shape index (κ3) is 5.69. The van der Waals surface area contributed by atoms with E-state index in [2.05, 4.69) is 5.32 Å². The molecule has 0 saturated heterocycles. The number of benzene rings is 2. The van der Waals surface area contributed by atoms with Gasteiger partial charge in [-0.15, -0.1) is 0 Å². The van der Waals surface area contributed by atoms with Gasteiger partial charge in [-0.05, 0) is 31.5 Å². The van der Waals surface area contributed by atoms with Crippen molar-refractivity contribution in [2.24, 2.45) is 5.14 Å². The number of sulfonamides is 1. The number of primary sulfonamides is 1. The van der Waals surface area contributed by atoms with Gasteiger partial charge in [0.25, 0.3) is 5.69 Å². The maximum Gasteiger partial charge on any atom is 0.293 e. The van der Waals surface area contributed by atoms with Crippen LogP contribution in [0.25, 0.3) is 0 Å². The molecule has 7 nitrogen and oxygen atoms in total. The lowest BCUT2D eigenvalue weighted by molar-refractivity contribution is -0.384. The Hall–Kier alpha value is -2.10. The van der Waals surface area contributed by atoms with Crippen LogP contribution >= 0.6 is 11.8 Å². The van der Waals surface area contributed by atoms with Crippen LogP contribution in [0, 0.1) is 10.1 Å². The summed E-state index contributed by atoms with van der Waals surface area (Å²) in [5, 5.41) is 19.9. The summed E-state index contributed by atoms with van der Waals surface area (Å²) in [6, 6.07) is 13.5. The van der Waals surface area contributed by atoms with E-state index in [1.54, 1.807) is 0 Å². The Balaban J connectivity index is 2.52. The second-order valence-corrected chi connectivity index (χ2v) is 9.43. The normalized spacial score (nSPS) is 13.7. The fourth-order valence-electron chi connectivity index (χ4n) is 2.70. The predicted molar refractivity (Wildman–Crippen MR) is 108 cm³/mol. The maximum absolute atomic E-state index is 12.0. The summed E-state index contributed by atoms with van der Waals surface area (Å²) in [5.41, 5.74) is -0.398. The van der Waals surface area contributed by atoms with E-state index in [-0.39, 0.29) is 16.3 Å². The average Bonchev–Trinajstić information content (AvgIpc) is 2.60. The smallest absolute Gasteiger partial charge is 0.293 e. The molecule has 0 aliphatic rings. The number of anilines is 1. The number of nitrogens with one attached hydrogen (secondary N) is 1. The zero-order valence-corrected chi connectivity index (χ0v) is 16.8. The molecule has 0 radical (unpaired) electrons. The molecule has 1 atom stereocenters. The lowest BCUT2D eigenvalue weighted by Crippen LogP contribution is -2.32. The summed E-state index contributed by atoms with van der Waals surface area (Å²) >= 11 is 1.50. The van der Waals surface area contributed by atoms with Crippen LogP contribution in [0.2, 0.25) is 0 Å². The van der Waals surface area contributed by atoms with E-state index >= 15 is 0 Å².